The SMILES string of the molecule is CC.CCOC(=O)CCCn1c(=S)sc2c(C)snc21. The van der Waals surface area contributed by atoms with E-state index < -0.39 is 0 Å². The molecule has 0 aliphatic rings. The van der Waals surface area contributed by atoms with Crippen LogP contribution in [-0.4, -0.2) is 21.5 Å². The fourth-order valence-corrected chi connectivity index (χ4v) is 3.85. The first kappa shape index (κ1) is 17.3. The summed E-state index contributed by atoms with van der Waals surface area (Å²) in [5.41, 5.74) is 0.955. The minimum atomic E-state index is -0.148. The molecule has 7 heteroatoms. The lowest BCUT2D eigenvalue weighted by molar-refractivity contribution is -0.143. The molecule has 0 aromatic carbocycles. The number of hydrogen-bond acceptors (Lipinski definition) is 6. The molecular weight excluding hydrogens is 312 g/mol. The average Bonchev–Trinajstić information content (AvgIpc) is 2.94. The van der Waals surface area contributed by atoms with Gasteiger partial charge in [-0.3, -0.25) is 4.79 Å². The summed E-state index contributed by atoms with van der Waals surface area (Å²) in [6, 6.07) is 0. The Morgan fingerprint density at radius 1 is 1.45 bits per heavy atom. The minimum absolute atomic E-state index is 0.148. The molecule has 2 rings (SSSR count). The summed E-state index contributed by atoms with van der Waals surface area (Å²) in [5.74, 6) is -0.148. The smallest absolute Gasteiger partial charge is 0.305 e. The number of aromatic nitrogens is 2. The van der Waals surface area contributed by atoms with Gasteiger partial charge in [-0.05, 0) is 44.0 Å². The first-order valence-corrected chi connectivity index (χ1v) is 8.74. The van der Waals surface area contributed by atoms with Crippen molar-refractivity contribution in [3.05, 3.63) is 8.83 Å². The van der Waals surface area contributed by atoms with Crippen molar-refractivity contribution in [3.8, 4) is 0 Å². The third-order valence-electron chi connectivity index (χ3n) is 2.53. The topological polar surface area (TPSA) is 44.1 Å². The predicted molar refractivity (Wildman–Crippen MR) is 88.3 cm³/mol. The van der Waals surface area contributed by atoms with E-state index in [-0.39, 0.29) is 5.97 Å². The number of thiazole rings is 1. The van der Waals surface area contributed by atoms with Crippen LogP contribution < -0.4 is 0 Å². The summed E-state index contributed by atoms with van der Waals surface area (Å²) in [6.07, 6.45) is 1.16. The van der Waals surface area contributed by atoms with E-state index in [0.717, 1.165) is 22.6 Å². The standard InChI is InChI=1S/C11H14N2O2S3.C2H6/c1-3-15-8(14)5-4-6-13-10-9(17-11(13)16)7(2)18-12-10;1-2/h3-6H2,1-2H3;1-2H3. The van der Waals surface area contributed by atoms with Gasteiger partial charge in [-0.25, -0.2) is 0 Å². The van der Waals surface area contributed by atoms with Crippen LogP contribution in [0.1, 0.15) is 38.5 Å². The van der Waals surface area contributed by atoms with Gasteiger partial charge in [0.15, 0.2) is 9.60 Å². The summed E-state index contributed by atoms with van der Waals surface area (Å²) >= 11 is 8.41. The Morgan fingerprint density at radius 3 is 2.80 bits per heavy atom. The summed E-state index contributed by atoms with van der Waals surface area (Å²) in [6.45, 7) is 9.02. The van der Waals surface area contributed by atoms with Gasteiger partial charge in [0.1, 0.15) is 0 Å². The first-order valence-electron chi connectivity index (χ1n) is 6.74. The maximum atomic E-state index is 11.3. The van der Waals surface area contributed by atoms with Crippen LogP contribution in [0.2, 0.25) is 0 Å². The number of aryl methyl sites for hydroxylation is 2. The van der Waals surface area contributed by atoms with Crippen molar-refractivity contribution in [2.45, 2.75) is 47.1 Å². The van der Waals surface area contributed by atoms with E-state index in [4.69, 9.17) is 17.0 Å². The zero-order valence-corrected chi connectivity index (χ0v) is 14.7. The van der Waals surface area contributed by atoms with E-state index in [0.29, 0.717) is 13.0 Å². The zero-order chi connectivity index (χ0) is 15.1. The molecule has 0 spiro atoms. The number of carbonyl (C=O) groups excluding carboxylic acids is 1. The minimum Gasteiger partial charge on any atom is -0.466 e. The first-order chi connectivity index (χ1) is 9.63. The van der Waals surface area contributed by atoms with Crippen molar-refractivity contribution in [1.29, 1.82) is 0 Å². The lowest BCUT2D eigenvalue weighted by Crippen LogP contribution is -2.06. The molecule has 0 aliphatic heterocycles. The highest BCUT2D eigenvalue weighted by molar-refractivity contribution is 7.73. The summed E-state index contributed by atoms with van der Waals surface area (Å²) in [4.78, 5) is 12.5. The van der Waals surface area contributed by atoms with Crippen LogP contribution >= 0.6 is 35.1 Å². The van der Waals surface area contributed by atoms with Crippen LogP contribution in [0.3, 0.4) is 0 Å². The summed E-state index contributed by atoms with van der Waals surface area (Å²) in [7, 11) is 0. The molecule has 0 saturated heterocycles. The van der Waals surface area contributed by atoms with Crippen molar-refractivity contribution in [3.63, 3.8) is 0 Å². The second kappa shape index (κ2) is 8.49. The van der Waals surface area contributed by atoms with Crippen molar-refractivity contribution in [2.75, 3.05) is 6.61 Å². The fraction of sp³-hybridized carbons (Fsp3) is 0.615. The van der Waals surface area contributed by atoms with Gasteiger partial charge >= 0.3 is 5.97 Å². The Balaban J connectivity index is 0.000000956. The molecule has 0 unspecified atom stereocenters. The Hall–Kier alpha value is -0.790. The van der Waals surface area contributed by atoms with Gasteiger partial charge in [0.05, 0.1) is 11.3 Å². The van der Waals surface area contributed by atoms with E-state index in [9.17, 15) is 4.79 Å². The quantitative estimate of drug-likeness (QED) is 0.594. The molecule has 0 atom stereocenters. The van der Waals surface area contributed by atoms with Crippen LogP contribution in [0.5, 0.6) is 0 Å². The molecule has 0 fully saturated rings. The van der Waals surface area contributed by atoms with Crippen molar-refractivity contribution in [1.82, 2.24) is 8.94 Å². The molecule has 2 heterocycles. The van der Waals surface area contributed by atoms with Gasteiger partial charge in [0, 0.05) is 17.8 Å². The van der Waals surface area contributed by atoms with Gasteiger partial charge in [-0.15, -0.1) is 11.3 Å². The Morgan fingerprint density at radius 2 is 2.15 bits per heavy atom. The highest BCUT2D eigenvalue weighted by Crippen LogP contribution is 2.28. The second-order valence-electron chi connectivity index (χ2n) is 3.82. The molecule has 20 heavy (non-hydrogen) atoms. The Kier molecular flexibility index (Phi) is 7.32. The molecule has 2 aromatic heterocycles. The van der Waals surface area contributed by atoms with E-state index in [1.807, 2.05) is 32.3 Å². The molecule has 0 saturated carbocycles. The van der Waals surface area contributed by atoms with Crippen molar-refractivity contribution < 1.29 is 9.53 Å². The monoisotopic (exact) mass is 332 g/mol. The van der Waals surface area contributed by atoms with Gasteiger partial charge in [0.25, 0.3) is 0 Å². The van der Waals surface area contributed by atoms with E-state index in [1.54, 1.807) is 11.3 Å². The fourth-order valence-electron chi connectivity index (χ4n) is 1.68. The Bertz CT molecular complexity index is 613. The highest BCUT2D eigenvalue weighted by atomic mass is 32.1. The van der Waals surface area contributed by atoms with E-state index in [2.05, 4.69) is 4.37 Å². The van der Waals surface area contributed by atoms with Crippen LogP contribution in [0.4, 0.5) is 0 Å². The van der Waals surface area contributed by atoms with Gasteiger partial charge in [0.2, 0.25) is 0 Å². The molecule has 112 valence electrons. The van der Waals surface area contributed by atoms with Crippen LogP contribution in [0.15, 0.2) is 0 Å². The van der Waals surface area contributed by atoms with Crippen molar-refractivity contribution in [2.24, 2.45) is 0 Å². The average molecular weight is 333 g/mol. The number of fused-ring (bicyclic) bond motifs is 1. The maximum Gasteiger partial charge on any atom is 0.305 e. The molecule has 0 aliphatic carbocycles. The number of esters is 1. The second-order valence-corrected chi connectivity index (χ2v) is 6.44. The van der Waals surface area contributed by atoms with Crippen LogP contribution in [0.25, 0.3) is 10.3 Å². The normalized spacial score (nSPS) is 10.2. The molecular formula is C13H20N2O2S3. The Labute approximate surface area is 132 Å². The largest absolute Gasteiger partial charge is 0.466 e. The highest BCUT2D eigenvalue weighted by Gasteiger charge is 2.11. The number of nitrogens with zero attached hydrogens (tertiary/aromatic N) is 2. The van der Waals surface area contributed by atoms with Crippen LogP contribution in [0, 0.1) is 10.9 Å². The summed E-state index contributed by atoms with van der Waals surface area (Å²) in [5, 5.41) is 0. The summed E-state index contributed by atoms with van der Waals surface area (Å²) < 4.78 is 13.3. The molecule has 2 aromatic rings. The number of hydrogen-bond donors (Lipinski definition) is 0. The molecule has 4 nitrogen and oxygen atoms in total. The molecule has 0 N–H and O–H groups in total. The third-order valence-corrected chi connectivity index (χ3v) is 4.95. The lowest BCUT2D eigenvalue weighted by Gasteiger charge is -2.03. The van der Waals surface area contributed by atoms with Gasteiger partial charge < -0.3 is 9.30 Å². The van der Waals surface area contributed by atoms with E-state index in [1.165, 1.54) is 21.1 Å². The van der Waals surface area contributed by atoms with Crippen molar-refractivity contribution >= 4 is 51.4 Å². The number of rotatable bonds is 5. The number of ether oxygens (including phenoxy) is 1. The predicted octanol–water partition coefficient (Wildman–Crippen LogP) is 4.57. The number of carbonyl (C=O) groups is 1. The van der Waals surface area contributed by atoms with Gasteiger partial charge in [-0.1, -0.05) is 13.8 Å². The third kappa shape index (κ3) is 4.10. The van der Waals surface area contributed by atoms with Crippen LogP contribution in [-0.2, 0) is 16.1 Å². The van der Waals surface area contributed by atoms with Gasteiger partial charge in [-0.2, -0.15) is 4.37 Å². The molecule has 0 amide bonds. The molecule has 0 bridgehead atoms. The van der Waals surface area contributed by atoms with E-state index >= 15 is 0 Å². The molecule has 0 radical (unpaired) electrons. The zero-order valence-electron chi connectivity index (χ0n) is 12.3. The maximum absolute atomic E-state index is 11.3. The lowest BCUT2D eigenvalue weighted by atomic mass is 10.3.